The van der Waals surface area contributed by atoms with E-state index in [-0.39, 0.29) is 11.8 Å². The fourth-order valence-electron chi connectivity index (χ4n) is 4.26. The Balaban J connectivity index is 1.51. The molecule has 1 fully saturated rings. The van der Waals surface area contributed by atoms with Crippen molar-refractivity contribution in [3.8, 4) is 11.1 Å². The van der Waals surface area contributed by atoms with Crippen LogP contribution in [0.25, 0.3) is 11.1 Å². The van der Waals surface area contributed by atoms with Crippen LogP contribution in [-0.4, -0.2) is 39.6 Å². The molecule has 1 saturated heterocycles. The summed E-state index contributed by atoms with van der Waals surface area (Å²) in [6.45, 7) is 1.44. The second kappa shape index (κ2) is 8.53. The van der Waals surface area contributed by atoms with Crippen LogP contribution < -0.4 is 5.73 Å². The molecule has 0 spiro atoms. The predicted octanol–water partition coefficient (Wildman–Crippen LogP) is 2.89. The maximum Gasteiger partial charge on any atom is 0.225 e. The van der Waals surface area contributed by atoms with Gasteiger partial charge in [0.15, 0.2) is 0 Å². The Bertz CT molecular complexity index is 1020. The van der Waals surface area contributed by atoms with Gasteiger partial charge in [-0.05, 0) is 35.6 Å². The van der Waals surface area contributed by atoms with Gasteiger partial charge >= 0.3 is 0 Å². The third-order valence-electron chi connectivity index (χ3n) is 5.97. The minimum absolute atomic E-state index is 0.0324. The molecule has 2 N–H and O–H groups in total. The Morgan fingerprint density at radius 3 is 2.53 bits per heavy atom. The van der Waals surface area contributed by atoms with Crippen LogP contribution in [-0.2, 0) is 22.6 Å². The normalized spacial score (nSPS) is 18.5. The van der Waals surface area contributed by atoms with Crippen LogP contribution in [0.1, 0.15) is 18.4 Å². The van der Waals surface area contributed by atoms with Crippen LogP contribution in [0.5, 0.6) is 0 Å². The molecule has 1 atom stereocenters. The Morgan fingerprint density at radius 2 is 1.80 bits per heavy atom. The highest BCUT2D eigenvalue weighted by molar-refractivity contribution is 5.85. The van der Waals surface area contributed by atoms with Crippen molar-refractivity contribution in [1.29, 1.82) is 0 Å². The van der Waals surface area contributed by atoms with Crippen molar-refractivity contribution in [2.45, 2.75) is 25.8 Å². The number of hydrogen-bond donors (Lipinski definition) is 1. The first kappa shape index (κ1) is 19.9. The molecule has 0 saturated carbocycles. The second-order valence-electron chi connectivity index (χ2n) is 7.93. The average Bonchev–Trinajstić information content (AvgIpc) is 3.44. The zero-order valence-corrected chi connectivity index (χ0v) is 16.9. The topological polar surface area (TPSA) is 81.2 Å². The lowest BCUT2D eigenvalue weighted by Crippen LogP contribution is -2.42. The average molecular weight is 402 g/mol. The first-order chi connectivity index (χ1) is 14.6. The molecule has 1 unspecified atom stereocenters. The summed E-state index contributed by atoms with van der Waals surface area (Å²) in [5.74, 6) is -0.308. The van der Waals surface area contributed by atoms with Crippen molar-refractivity contribution in [3.63, 3.8) is 0 Å². The molecular formula is C24H26N4O2. The predicted molar refractivity (Wildman–Crippen MR) is 115 cm³/mol. The van der Waals surface area contributed by atoms with E-state index in [1.54, 1.807) is 15.8 Å². The first-order valence-corrected chi connectivity index (χ1v) is 10.3. The lowest BCUT2D eigenvalue weighted by Gasteiger charge is -2.27. The molecule has 30 heavy (non-hydrogen) atoms. The van der Waals surface area contributed by atoms with Gasteiger partial charge in [0.1, 0.15) is 0 Å². The molecule has 1 aromatic heterocycles. The summed E-state index contributed by atoms with van der Waals surface area (Å²) in [6, 6.07) is 20.1. The summed E-state index contributed by atoms with van der Waals surface area (Å²) in [5, 5.41) is 4.14. The molecule has 0 radical (unpaired) electrons. The van der Waals surface area contributed by atoms with Gasteiger partial charge in [0.2, 0.25) is 11.8 Å². The maximum atomic E-state index is 12.7. The van der Waals surface area contributed by atoms with Crippen LogP contribution in [0.4, 0.5) is 0 Å². The fourth-order valence-corrected chi connectivity index (χ4v) is 4.26. The van der Waals surface area contributed by atoms with Gasteiger partial charge in [0.05, 0.1) is 5.41 Å². The summed E-state index contributed by atoms with van der Waals surface area (Å²) in [4.78, 5) is 27.1. The van der Waals surface area contributed by atoms with E-state index in [4.69, 9.17) is 5.73 Å². The summed E-state index contributed by atoms with van der Waals surface area (Å²) >= 11 is 0. The number of primary amides is 1. The molecule has 154 valence electrons. The largest absolute Gasteiger partial charge is 0.369 e. The highest BCUT2D eigenvalue weighted by Gasteiger charge is 2.44. The van der Waals surface area contributed by atoms with E-state index >= 15 is 0 Å². The fraction of sp³-hybridized carbons (Fsp3) is 0.292. The molecule has 0 aliphatic carbocycles. The summed E-state index contributed by atoms with van der Waals surface area (Å²) in [6.07, 6.45) is 5.00. The van der Waals surface area contributed by atoms with Gasteiger partial charge in [0.25, 0.3) is 0 Å². The molecule has 1 aliphatic heterocycles. The van der Waals surface area contributed by atoms with Crippen molar-refractivity contribution < 1.29 is 9.59 Å². The molecule has 2 heterocycles. The zero-order valence-electron chi connectivity index (χ0n) is 16.9. The molecule has 4 rings (SSSR count). The monoisotopic (exact) mass is 402 g/mol. The van der Waals surface area contributed by atoms with Gasteiger partial charge in [-0.25, -0.2) is 0 Å². The van der Waals surface area contributed by atoms with Gasteiger partial charge in [-0.2, -0.15) is 5.10 Å². The molecule has 2 aromatic carbocycles. The quantitative estimate of drug-likeness (QED) is 0.660. The van der Waals surface area contributed by atoms with E-state index in [2.05, 4.69) is 29.4 Å². The van der Waals surface area contributed by atoms with E-state index in [1.807, 2.05) is 42.6 Å². The van der Waals surface area contributed by atoms with Crippen molar-refractivity contribution in [1.82, 2.24) is 14.7 Å². The Morgan fingerprint density at radius 1 is 1.03 bits per heavy atom. The number of hydrogen-bond acceptors (Lipinski definition) is 3. The smallest absolute Gasteiger partial charge is 0.225 e. The number of nitrogens with zero attached hydrogens (tertiary/aromatic N) is 3. The molecule has 6 heteroatoms. The molecule has 1 aliphatic rings. The number of aryl methyl sites for hydroxylation is 1. The van der Waals surface area contributed by atoms with Crippen molar-refractivity contribution >= 4 is 11.8 Å². The van der Waals surface area contributed by atoms with E-state index in [0.29, 0.717) is 38.9 Å². The molecular weight excluding hydrogens is 376 g/mol. The molecule has 0 bridgehead atoms. The highest BCUT2D eigenvalue weighted by atomic mass is 16.2. The second-order valence-corrected chi connectivity index (χ2v) is 7.93. The standard InChI is InChI=1S/C24H26N4O2/c25-23(30)24(12-16-27(18-24)22(29)11-15-28-14-6-13-26-28)17-20-9-4-5-10-21(20)19-7-2-1-3-8-19/h1-10,13-14H,11-12,15-18H2,(H2,25,30). The number of carbonyl (C=O) groups excluding carboxylic acids is 2. The number of carbonyl (C=O) groups is 2. The zero-order chi connectivity index (χ0) is 21.0. The lowest BCUT2D eigenvalue weighted by molar-refractivity contribution is -0.132. The van der Waals surface area contributed by atoms with E-state index < -0.39 is 5.41 Å². The lowest BCUT2D eigenvalue weighted by atomic mass is 9.78. The summed E-state index contributed by atoms with van der Waals surface area (Å²) < 4.78 is 1.74. The summed E-state index contributed by atoms with van der Waals surface area (Å²) in [5.41, 5.74) is 8.43. The Hall–Kier alpha value is -3.41. The number of aromatic nitrogens is 2. The molecule has 6 nitrogen and oxygen atoms in total. The van der Waals surface area contributed by atoms with Gasteiger partial charge < -0.3 is 10.6 Å². The Labute approximate surface area is 176 Å². The Kier molecular flexibility index (Phi) is 5.65. The van der Waals surface area contributed by atoms with Crippen molar-refractivity contribution in [3.05, 3.63) is 78.6 Å². The number of likely N-dealkylation sites (tertiary alicyclic amines) is 1. The van der Waals surface area contributed by atoms with Crippen LogP contribution in [0.15, 0.2) is 73.1 Å². The van der Waals surface area contributed by atoms with Crippen LogP contribution in [0.2, 0.25) is 0 Å². The van der Waals surface area contributed by atoms with E-state index in [0.717, 1.165) is 16.7 Å². The van der Waals surface area contributed by atoms with E-state index in [9.17, 15) is 9.59 Å². The van der Waals surface area contributed by atoms with Crippen molar-refractivity contribution in [2.24, 2.45) is 11.1 Å². The van der Waals surface area contributed by atoms with Crippen molar-refractivity contribution in [2.75, 3.05) is 13.1 Å². The summed E-state index contributed by atoms with van der Waals surface area (Å²) in [7, 11) is 0. The number of benzene rings is 2. The number of nitrogens with two attached hydrogens (primary N) is 1. The van der Waals surface area contributed by atoms with Crippen LogP contribution in [0.3, 0.4) is 0 Å². The molecule has 2 amide bonds. The number of amides is 2. The third kappa shape index (κ3) is 4.13. The van der Waals surface area contributed by atoms with Gasteiger partial charge in [0, 0.05) is 38.4 Å². The highest BCUT2D eigenvalue weighted by Crippen LogP contribution is 2.37. The number of rotatable bonds is 7. The van der Waals surface area contributed by atoms with Gasteiger partial charge in [-0.3, -0.25) is 14.3 Å². The van der Waals surface area contributed by atoms with E-state index in [1.165, 1.54) is 0 Å². The third-order valence-corrected chi connectivity index (χ3v) is 5.97. The maximum absolute atomic E-state index is 12.7. The van der Waals surface area contributed by atoms with Gasteiger partial charge in [-0.1, -0.05) is 54.6 Å². The van der Waals surface area contributed by atoms with Gasteiger partial charge in [-0.15, -0.1) is 0 Å². The van der Waals surface area contributed by atoms with Crippen LogP contribution >= 0.6 is 0 Å². The minimum Gasteiger partial charge on any atom is -0.369 e. The molecule has 3 aromatic rings. The minimum atomic E-state index is -0.744. The van der Waals surface area contributed by atoms with Crippen LogP contribution in [0, 0.1) is 5.41 Å². The SMILES string of the molecule is NC(=O)C1(Cc2ccccc2-c2ccccc2)CCN(C(=O)CCn2cccn2)C1. The first-order valence-electron chi connectivity index (χ1n) is 10.3.